The Morgan fingerprint density at radius 1 is 1.24 bits per heavy atom. The average molecular weight is 296 g/mol. The largest absolute Gasteiger partial charge is 0.464 e. The van der Waals surface area contributed by atoms with E-state index in [0.717, 1.165) is 11.1 Å². The standard InChI is InChI=1S/C15H20O6/c1-7-3-4-8-9(5-7)20-15-11(14(8)19-2)13(18)12(17)10(6-16)21-15/h3-5,10-18H,6H2,1-2H3/t10-,11+,12-,13-,14+,15+/m1/s1. The minimum absolute atomic E-state index is 0.386. The maximum Gasteiger partial charge on any atom is 0.208 e. The quantitative estimate of drug-likeness (QED) is 0.719. The van der Waals surface area contributed by atoms with Crippen LogP contribution in [-0.4, -0.2) is 53.6 Å². The van der Waals surface area contributed by atoms with Crippen molar-refractivity contribution < 1.29 is 29.5 Å². The van der Waals surface area contributed by atoms with Crippen LogP contribution < -0.4 is 4.74 Å². The van der Waals surface area contributed by atoms with Crippen LogP contribution in [0.15, 0.2) is 18.2 Å². The molecular formula is C15H20O6. The molecule has 6 nitrogen and oxygen atoms in total. The fourth-order valence-electron chi connectivity index (χ4n) is 3.13. The molecule has 1 fully saturated rings. The lowest BCUT2D eigenvalue weighted by molar-refractivity contribution is -0.285. The van der Waals surface area contributed by atoms with Crippen LogP contribution in [-0.2, 0) is 9.47 Å². The first kappa shape index (κ1) is 14.7. The number of aliphatic hydroxyl groups is 3. The third-order valence-corrected chi connectivity index (χ3v) is 4.25. The molecule has 0 radical (unpaired) electrons. The third-order valence-electron chi connectivity index (χ3n) is 4.25. The molecule has 0 spiro atoms. The molecule has 3 rings (SSSR count). The SMILES string of the molecule is CO[C@H]1c2ccc(C)cc2O[C@H]2O[C@H](CO)[C@@H](O)[C@H](O)[C@H]21. The number of ether oxygens (including phenoxy) is 3. The first-order valence-corrected chi connectivity index (χ1v) is 6.99. The van der Waals surface area contributed by atoms with E-state index in [1.54, 1.807) is 7.11 Å². The van der Waals surface area contributed by atoms with Crippen LogP contribution in [0, 0.1) is 12.8 Å². The number of fused-ring (bicyclic) bond motifs is 2. The van der Waals surface area contributed by atoms with Gasteiger partial charge in [-0.15, -0.1) is 0 Å². The molecule has 1 aromatic rings. The fraction of sp³-hybridized carbons (Fsp3) is 0.600. The first-order valence-electron chi connectivity index (χ1n) is 6.99. The Balaban J connectivity index is 2.00. The molecule has 2 aliphatic rings. The summed E-state index contributed by atoms with van der Waals surface area (Å²) >= 11 is 0. The third kappa shape index (κ3) is 2.33. The molecule has 2 aliphatic heterocycles. The van der Waals surface area contributed by atoms with E-state index in [4.69, 9.17) is 14.2 Å². The van der Waals surface area contributed by atoms with E-state index in [-0.39, 0.29) is 6.61 Å². The Morgan fingerprint density at radius 3 is 2.67 bits per heavy atom. The second kappa shape index (κ2) is 5.55. The van der Waals surface area contributed by atoms with Crippen molar-refractivity contribution in [3.05, 3.63) is 29.3 Å². The monoisotopic (exact) mass is 296 g/mol. The second-order valence-corrected chi connectivity index (χ2v) is 5.60. The van der Waals surface area contributed by atoms with E-state index in [1.807, 2.05) is 25.1 Å². The molecule has 6 heteroatoms. The minimum atomic E-state index is -1.18. The Hall–Kier alpha value is -1.18. The topological polar surface area (TPSA) is 88.4 Å². The van der Waals surface area contributed by atoms with E-state index in [1.165, 1.54) is 0 Å². The second-order valence-electron chi connectivity index (χ2n) is 5.60. The number of rotatable bonds is 2. The van der Waals surface area contributed by atoms with Crippen LogP contribution in [0.2, 0.25) is 0 Å². The lowest BCUT2D eigenvalue weighted by Gasteiger charge is -2.47. The van der Waals surface area contributed by atoms with Crippen LogP contribution in [0.1, 0.15) is 17.2 Å². The van der Waals surface area contributed by atoms with Crippen molar-refractivity contribution in [3.63, 3.8) is 0 Å². The predicted octanol–water partition coefficient (Wildman–Crippen LogP) is 0.130. The van der Waals surface area contributed by atoms with Gasteiger partial charge in [0.05, 0.1) is 24.7 Å². The van der Waals surface area contributed by atoms with Gasteiger partial charge in [0.15, 0.2) is 0 Å². The summed E-state index contributed by atoms with van der Waals surface area (Å²) in [6, 6.07) is 5.72. The maximum absolute atomic E-state index is 10.4. The molecule has 0 unspecified atom stereocenters. The molecule has 0 saturated carbocycles. The first-order chi connectivity index (χ1) is 10.1. The van der Waals surface area contributed by atoms with E-state index < -0.39 is 36.6 Å². The fourth-order valence-corrected chi connectivity index (χ4v) is 3.13. The van der Waals surface area contributed by atoms with E-state index in [2.05, 4.69) is 0 Å². The highest BCUT2D eigenvalue weighted by Gasteiger charge is 2.52. The zero-order valence-electron chi connectivity index (χ0n) is 12.0. The molecule has 116 valence electrons. The zero-order valence-corrected chi connectivity index (χ0v) is 12.0. The Bertz CT molecular complexity index is 519. The summed E-state index contributed by atoms with van der Waals surface area (Å²) in [6.45, 7) is 1.57. The van der Waals surface area contributed by atoms with Crippen molar-refractivity contribution in [1.82, 2.24) is 0 Å². The molecule has 21 heavy (non-hydrogen) atoms. The molecule has 0 bridgehead atoms. The summed E-state index contributed by atoms with van der Waals surface area (Å²) in [4.78, 5) is 0. The summed E-state index contributed by atoms with van der Waals surface area (Å²) in [5.74, 6) is 0.0892. The highest BCUT2D eigenvalue weighted by molar-refractivity contribution is 5.41. The van der Waals surface area contributed by atoms with Crippen LogP contribution >= 0.6 is 0 Å². The van der Waals surface area contributed by atoms with Crippen LogP contribution in [0.4, 0.5) is 0 Å². The van der Waals surface area contributed by atoms with Gasteiger partial charge >= 0.3 is 0 Å². The van der Waals surface area contributed by atoms with Gasteiger partial charge in [-0.2, -0.15) is 0 Å². The van der Waals surface area contributed by atoms with Crippen molar-refractivity contribution in [2.45, 2.75) is 37.6 Å². The van der Waals surface area contributed by atoms with Gasteiger partial charge in [-0.3, -0.25) is 0 Å². The highest BCUT2D eigenvalue weighted by Crippen LogP contribution is 2.45. The minimum Gasteiger partial charge on any atom is -0.464 e. The Labute approximate surface area is 122 Å². The zero-order chi connectivity index (χ0) is 15.1. The van der Waals surface area contributed by atoms with Crippen molar-refractivity contribution in [1.29, 1.82) is 0 Å². The van der Waals surface area contributed by atoms with Gasteiger partial charge in [0.25, 0.3) is 0 Å². The molecule has 6 atom stereocenters. The van der Waals surface area contributed by atoms with Crippen molar-refractivity contribution in [3.8, 4) is 5.75 Å². The molecule has 1 saturated heterocycles. The lowest BCUT2D eigenvalue weighted by Crippen LogP contribution is -2.60. The molecule has 3 N–H and O–H groups in total. The van der Waals surface area contributed by atoms with Gasteiger partial charge < -0.3 is 29.5 Å². The summed E-state index contributed by atoms with van der Waals surface area (Å²) in [6.07, 6.45) is -4.35. The summed E-state index contributed by atoms with van der Waals surface area (Å²) in [5.41, 5.74) is 1.86. The van der Waals surface area contributed by atoms with Crippen LogP contribution in [0.25, 0.3) is 0 Å². The van der Waals surface area contributed by atoms with Gasteiger partial charge in [-0.1, -0.05) is 12.1 Å². The number of benzene rings is 1. The molecule has 0 aromatic heterocycles. The van der Waals surface area contributed by atoms with Crippen LogP contribution in [0.5, 0.6) is 5.75 Å². The van der Waals surface area contributed by atoms with Crippen molar-refractivity contribution in [2.75, 3.05) is 13.7 Å². The van der Waals surface area contributed by atoms with E-state index in [0.29, 0.717) is 5.75 Å². The molecule has 1 aromatic carbocycles. The number of aliphatic hydroxyl groups excluding tert-OH is 3. The smallest absolute Gasteiger partial charge is 0.208 e. The number of hydrogen-bond donors (Lipinski definition) is 3. The summed E-state index contributed by atoms with van der Waals surface area (Å²) < 4.78 is 16.9. The molecule has 0 amide bonds. The highest BCUT2D eigenvalue weighted by atomic mass is 16.7. The Kier molecular flexibility index (Phi) is 3.90. The number of hydrogen-bond acceptors (Lipinski definition) is 6. The average Bonchev–Trinajstić information content (AvgIpc) is 2.48. The number of methoxy groups -OCH3 is 1. The van der Waals surface area contributed by atoms with Gasteiger partial charge in [0.2, 0.25) is 6.29 Å². The van der Waals surface area contributed by atoms with Crippen molar-refractivity contribution >= 4 is 0 Å². The summed E-state index contributed by atoms with van der Waals surface area (Å²) in [7, 11) is 1.55. The molecule has 2 heterocycles. The maximum atomic E-state index is 10.4. The lowest BCUT2D eigenvalue weighted by atomic mass is 9.82. The molecular weight excluding hydrogens is 276 g/mol. The van der Waals surface area contributed by atoms with Gasteiger partial charge in [0, 0.05) is 12.7 Å². The van der Waals surface area contributed by atoms with E-state index in [9.17, 15) is 15.3 Å². The van der Waals surface area contributed by atoms with E-state index >= 15 is 0 Å². The normalized spacial score (nSPS) is 38.3. The molecule has 0 aliphatic carbocycles. The van der Waals surface area contributed by atoms with Gasteiger partial charge in [-0.05, 0) is 18.6 Å². The van der Waals surface area contributed by atoms with Crippen LogP contribution in [0.3, 0.4) is 0 Å². The van der Waals surface area contributed by atoms with Gasteiger partial charge in [-0.25, -0.2) is 0 Å². The van der Waals surface area contributed by atoms with Crippen molar-refractivity contribution in [2.24, 2.45) is 5.92 Å². The predicted molar refractivity (Wildman–Crippen MR) is 72.8 cm³/mol. The number of aryl methyl sites for hydroxylation is 1. The van der Waals surface area contributed by atoms with Gasteiger partial charge in [0.1, 0.15) is 18.0 Å². The summed E-state index contributed by atoms with van der Waals surface area (Å²) in [5, 5.41) is 29.6. The Morgan fingerprint density at radius 2 is 2.00 bits per heavy atom.